The van der Waals surface area contributed by atoms with Crippen LogP contribution >= 0.6 is 0 Å². The molecular formula is C12H22N2O. The Bertz CT molecular complexity index is 232. The molecule has 2 fully saturated rings. The summed E-state index contributed by atoms with van der Waals surface area (Å²) in [5, 5.41) is 6.94. The highest BCUT2D eigenvalue weighted by Gasteiger charge is 2.33. The molecule has 3 heteroatoms. The van der Waals surface area contributed by atoms with Crippen molar-refractivity contribution < 1.29 is 4.79 Å². The van der Waals surface area contributed by atoms with E-state index in [0.29, 0.717) is 30.3 Å². The lowest BCUT2D eigenvalue weighted by Crippen LogP contribution is -2.53. The number of rotatable bonds is 1. The van der Waals surface area contributed by atoms with Crippen molar-refractivity contribution in [1.82, 2.24) is 10.6 Å². The van der Waals surface area contributed by atoms with Crippen LogP contribution < -0.4 is 10.6 Å². The van der Waals surface area contributed by atoms with Gasteiger partial charge in [0.05, 0.1) is 6.54 Å². The van der Waals surface area contributed by atoms with E-state index >= 15 is 0 Å². The molecule has 2 rings (SSSR count). The van der Waals surface area contributed by atoms with Gasteiger partial charge in [-0.1, -0.05) is 6.92 Å². The van der Waals surface area contributed by atoms with Gasteiger partial charge in [-0.05, 0) is 38.1 Å². The van der Waals surface area contributed by atoms with E-state index in [1.54, 1.807) is 0 Å². The zero-order chi connectivity index (χ0) is 10.8. The van der Waals surface area contributed by atoms with E-state index in [1.165, 1.54) is 6.42 Å². The van der Waals surface area contributed by atoms with Crippen LogP contribution in [0.2, 0.25) is 0 Å². The van der Waals surface area contributed by atoms with Crippen molar-refractivity contribution in [2.24, 2.45) is 11.8 Å². The van der Waals surface area contributed by atoms with Gasteiger partial charge < -0.3 is 10.6 Å². The molecule has 0 amide bonds. The molecule has 2 aliphatic rings. The SMILES string of the molecule is CC1CC(C)C(C2CCC(=O)CN2)CN1. The molecule has 2 heterocycles. The molecule has 2 N–H and O–H groups in total. The molecule has 0 bridgehead atoms. The molecule has 2 saturated heterocycles. The summed E-state index contributed by atoms with van der Waals surface area (Å²) in [6, 6.07) is 1.21. The average molecular weight is 210 g/mol. The summed E-state index contributed by atoms with van der Waals surface area (Å²) in [5.41, 5.74) is 0. The lowest BCUT2D eigenvalue weighted by Gasteiger charge is -2.40. The first-order chi connectivity index (χ1) is 7.16. The maximum atomic E-state index is 11.1. The van der Waals surface area contributed by atoms with E-state index in [9.17, 15) is 4.79 Å². The average Bonchev–Trinajstić information content (AvgIpc) is 2.20. The number of nitrogens with one attached hydrogen (secondary N) is 2. The molecule has 3 nitrogen and oxygen atoms in total. The Morgan fingerprint density at radius 3 is 2.67 bits per heavy atom. The van der Waals surface area contributed by atoms with Crippen LogP contribution in [-0.2, 0) is 4.79 Å². The Morgan fingerprint density at radius 1 is 1.27 bits per heavy atom. The highest BCUT2D eigenvalue weighted by molar-refractivity contribution is 5.81. The number of carbonyl (C=O) groups excluding carboxylic acids is 1. The van der Waals surface area contributed by atoms with Crippen LogP contribution in [0.15, 0.2) is 0 Å². The number of Topliss-reactive ketones (excluding diaryl/α,β-unsaturated/α-hetero) is 1. The van der Waals surface area contributed by atoms with Gasteiger partial charge in [-0.2, -0.15) is 0 Å². The number of carbonyl (C=O) groups is 1. The Balaban J connectivity index is 1.90. The quantitative estimate of drug-likeness (QED) is 0.677. The summed E-state index contributed by atoms with van der Waals surface area (Å²) in [7, 11) is 0. The van der Waals surface area contributed by atoms with E-state index in [2.05, 4.69) is 24.5 Å². The Morgan fingerprint density at radius 2 is 2.07 bits per heavy atom. The smallest absolute Gasteiger partial charge is 0.146 e. The maximum absolute atomic E-state index is 11.1. The molecule has 2 aliphatic heterocycles. The predicted molar refractivity (Wildman–Crippen MR) is 60.8 cm³/mol. The minimum Gasteiger partial charge on any atom is -0.314 e. The summed E-state index contributed by atoms with van der Waals surface area (Å²) >= 11 is 0. The van der Waals surface area contributed by atoms with E-state index in [-0.39, 0.29) is 0 Å². The van der Waals surface area contributed by atoms with Crippen LogP contribution in [0.3, 0.4) is 0 Å². The summed E-state index contributed by atoms with van der Waals surface area (Å²) in [6.07, 6.45) is 3.07. The van der Waals surface area contributed by atoms with Crippen LogP contribution in [0.1, 0.15) is 33.1 Å². The van der Waals surface area contributed by atoms with Crippen molar-refractivity contribution in [2.75, 3.05) is 13.1 Å². The van der Waals surface area contributed by atoms with Crippen molar-refractivity contribution in [3.8, 4) is 0 Å². The van der Waals surface area contributed by atoms with Crippen LogP contribution in [0.4, 0.5) is 0 Å². The van der Waals surface area contributed by atoms with Gasteiger partial charge in [0, 0.05) is 18.5 Å². The van der Waals surface area contributed by atoms with Gasteiger partial charge in [-0.25, -0.2) is 0 Å². The summed E-state index contributed by atoms with van der Waals surface area (Å²) < 4.78 is 0. The van der Waals surface area contributed by atoms with Crippen molar-refractivity contribution in [2.45, 2.75) is 45.2 Å². The largest absolute Gasteiger partial charge is 0.314 e. The van der Waals surface area contributed by atoms with Gasteiger partial charge >= 0.3 is 0 Å². The van der Waals surface area contributed by atoms with Crippen LogP contribution in [-0.4, -0.2) is 31.0 Å². The number of hydrogen-bond donors (Lipinski definition) is 2. The summed E-state index contributed by atoms with van der Waals surface area (Å²) in [6.45, 7) is 6.29. The second-order valence-corrected chi connectivity index (χ2v) is 5.25. The third kappa shape index (κ3) is 2.58. The van der Waals surface area contributed by atoms with Crippen LogP contribution in [0, 0.1) is 11.8 Å². The molecule has 0 spiro atoms. The van der Waals surface area contributed by atoms with Gasteiger partial charge in [0.2, 0.25) is 0 Å². The fourth-order valence-corrected chi connectivity index (χ4v) is 3.01. The van der Waals surface area contributed by atoms with E-state index in [4.69, 9.17) is 0 Å². The highest BCUT2D eigenvalue weighted by Crippen LogP contribution is 2.27. The normalized spacial score (nSPS) is 42.9. The van der Waals surface area contributed by atoms with Crippen molar-refractivity contribution in [3.05, 3.63) is 0 Å². The van der Waals surface area contributed by atoms with Crippen LogP contribution in [0.25, 0.3) is 0 Å². The monoisotopic (exact) mass is 210 g/mol. The molecule has 0 radical (unpaired) electrons. The third-order valence-electron chi connectivity index (χ3n) is 3.97. The van der Waals surface area contributed by atoms with E-state index in [1.807, 2.05) is 0 Å². The highest BCUT2D eigenvalue weighted by atomic mass is 16.1. The van der Waals surface area contributed by atoms with E-state index < -0.39 is 0 Å². The molecule has 0 saturated carbocycles. The molecule has 4 atom stereocenters. The number of hydrogen-bond acceptors (Lipinski definition) is 3. The summed E-state index contributed by atoms with van der Waals surface area (Å²) in [5.74, 6) is 1.84. The van der Waals surface area contributed by atoms with Gasteiger partial charge in [0.25, 0.3) is 0 Å². The minimum atomic E-state index is 0.371. The summed E-state index contributed by atoms with van der Waals surface area (Å²) in [4.78, 5) is 11.1. The van der Waals surface area contributed by atoms with Gasteiger partial charge in [-0.3, -0.25) is 4.79 Å². The minimum absolute atomic E-state index is 0.371. The fourth-order valence-electron chi connectivity index (χ4n) is 3.01. The standard InChI is InChI=1S/C12H22N2O/c1-8-5-9(2)13-7-11(8)12-4-3-10(15)6-14-12/h8-9,11-14H,3-7H2,1-2H3. The zero-order valence-corrected chi connectivity index (χ0v) is 9.75. The first-order valence-corrected chi connectivity index (χ1v) is 6.15. The third-order valence-corrected chi connectivity index (χ3v) is 3.97. The van der Waals surface area contributed by atoms with Crippen molar-refractivity contribution in [3.63, 3.8) is 0 Å². The number of ketones is 1. The van der Waals surface area contributed by atoms with Gasteiger partial charge in [0.1, 0.15) is 5.78 Å². The molecule has 4 unspecified atom stereocenters. The number of piperidine rings is 2. The second-order valence-electron chi connectivity index (χ2n) is 5.25. The molecule has 15 heavy (non-hydrogen) atoms. The Kier molecular flexibility index (Phi) is 3.42. The Hall–Kier alpha value is -0.410. The fraction of sp³-hybridized carbons (Fsp3) is 0.917. The molecule has 0 aliphatic carbocycles. The van der Waals surface area contributed by atoms with Gasteiger partial charge in [0.15, 0.2) is 0 Å². The lowest BCUT2D eigenvalue weighted by atomic mass is 9.78. The van der Waals surface area contributed by atoms with E-state index in [0.717, 1.165) is 25.3 Å². The first-order valence-electron chi connectivity index (χ1n) is 6.15. The lowest BCUT2D eigenvalue weighted by molar-refractivity contribution is -0.120. The predicted octanol–water partition coefficient (Wildman–Crippen LogP) is 0.942. The second kappa shape index (κ2) is 4.62. The van der Waals surface area contributed by atoms with Crippen molar-refractivity contribution >= 4 is 5.78 Å². The van der Waals surface area contributed by atoms with Gasteiger partial charge in [-0.15, -0.1) is 0 Å². The zero-order valence-electron chi connectivity index (χ0n) is 9.75. The Labute approximate surface area is 92.0 Å². The van der Waals surface area contributed by atoms with Crippen molar-refractivity contribution in [1.29, 1.82) is 0 Å². The molecule has 0 aromatic carbocycles. The molecular weight excluding hydrogens is 188 g/mol. The molecule has 0 aromatic rings. The maximum Gasteiger partial charge on any atom is 0.146 e. The topological polar surface area (TPSA) is 41.1 Å². The molecule has 86 valence electrons. The molecule has 0 aromatic heterocycles. The first kappa shape index (κ1) is 11.1. The van der Waals surface area contributed by atoms with Crippen LogP contribution in [0.5, 0.6) is 0 Å².